The normalized spacial score (nSPS) is 13.5. The van der Waals surface area contributed by atoms with Gasteiger partial charge >= 0.3 is 7.60 Å². The minimum Gasteiger partial charge on any atom is -0.508 e. The summed E-state index contributed by atoms with van der Waals surface area (Å²) in [7, 11) is -3.94. The number of phenolic OH excluding ortho intramolecular Hbond substituents is 2. The van der Waals surface area contributed by atoms with E-state index in [4.69, 9.17) is 8.94 Å². The molecule has 0 bridgehead atoms. The molecular weight excluding hydrogens is 351 g/mol. The van der Waals surface area contributed by atoms with Crippen molar-refractivity contribution in [3.63, 3.8) is 0 Å². The molecule has 9 heteroatoms. The van der Waals surface area contributed by atoms with Crippen LogP contribution < -0.4 is 9.95 Å². The first kappa shape index (κ1) is 16.9. The zero-order valence-corrected chi connectivity index (χ0v) is 13.7. The summed E-state index contributed by atoms with van der Waals surface area (Å²) in [6.45, 7) is 0.940. The molecule has 4 N–H and O–H groups in total. The van der Waals surface area contributed by atoms with Crippen LogP contribution in [0.1, 0.15) is 0 Å². The average molecular weight is 364 g/mol. The highest BCUT2D eigenvalue weighted by Gasteiger charge is 2.20. The summed E-state index contributed by atoms with van der Waals surface area (Å²) >= 11 is 0. The van der Waals surface area contributed by atoms with Crippen molar-refractivity contribution in [3.05, 3.63) is 46.6 Å². The monoisotopic (exact) mass is 364 g/mol. The van der Waals surface area contributed by atoms with Crippen LogP contribution in [0.3, 0.4) is 0 Å². The van der Waals surface area contributed by atoms with Crippen LogP contribution in [-0.4, -0.2) is 26.9 Å². The summed E-state index contributed by atoms with van der Waals surface area (Å²) in [5.41, 5.74) is -0.548. The summed E-state index contributed by atoms with van der Waals surface area (Å²) in [4.78, 5) is 21.6. The van der Waals surface area contributed by atoms with Gasteiger partial charge in [-0.1, -0.05) is 0 Å². The van der Waals surface area contributed by atoms with Crippen LogP contribution in [0.5, 0.6) is 23.0 Å². The van der Waals surface area contributed by atoms with Gasteiger partial charge in [0.1, 0.15) is 11.3 Å². The lowest BCUT2D eigenvalue weighted by Crippen LogP contribution is -2.02. The molecule has 0 radical (unpaired) electrons. The van der Waals surface area contributed by atoms with Crippen molar-refractivity contribution < 1.29 is 33.7 Å². The van der Waals surface area contributed by atoms with E-state index in [1.807, 2.05) is 0 Å². The summed E-state index contributed by atoms with van der Waals surface area (Å²) in [5, 5.41) is 29.5. The number of aromatic hydroxyl groups is 3. The van der Waals surface area contributed by atoms with Gasteiger partial charge in [-0.3, -0.25) is 4.79 Å². The van der Waals surface area contributed by atoms with Crippen molar-refractivity contribution in [3.8, 4) is 34.3 Å². The molecular formula is C16H13O8P. The van der Waals surface area contributed by atoms with Crippen LogP contribution >= 0.6 is 7.60 Å². The predicted molar refractivity (Wildman–Crippen MR) is 89.3 cm³/mol. The SMILES string of the molecule is CP(=O)(O)Oc1cc(-c2oc3cc(O)ccc3c(=O)c2O)ccc1O. The van der Waals surface area contributed by atoms with Crippen molar-refractivity contribution >= 4 is 18.6 Å². The Bertz CT molecular complexity index is 1080. The van der Waals surface area contributed by atoms with Crippen LogP contribution in [0.15, 0.2) is 45.6 Å². The summed E-state index contributed by atoms with van der Waals surface area (Å²) < 4.78 is 21.7. The Balaban J connectivity index is 2.23. The molecule has 1 atom stereocenters. The highest BCUT2D eigenvalue weighted by atomic mass is 31.2. The van der Waals surface area contributed by atoms with E-state index in [1.165, 1.54) is 24.3 Å². The molecule has 130 valence electrons. The summed E-state index contributed by atoms with van der Waals surface area (Å²) in [6, 6.07) is 7.44. The smallest absolute Gasteiger partial charge is 0.373 e. The highest BCUT2D eigenvalue weighted by Crippen LogP contribution is 2.44. The number of hydrogen-bond acceptors (Lipinski definition) is 7. The van der Waals surface area contributed by atoms with E-state index >= 15 is 0 Å². The maximum atomic E-state index is 12.3. The number of hydrogen-bond donors (Lipinski definition) is 4. The molecule has 1 aromatic heterocycles. The quantitative estimate of drug-likeness (QED) is 0.521. The van der Waals surface area contributed by atoms with Gasteiger partial charge in [-0.05, 0) is 30.3 Å². The largest absolute Gasteiger partial charge is 0.508 e. The molecule has 0 fully saturated rings. The lowest BCUT2D eigenvalue weighted by Gasteiger charge is -2.12. The third kappa shape index (κ3) is 3.31. The molecule has 8 nitrogen and oxygen atoms in total. The molecule has 25 heavy (non-hydrogen) atoms. The fourth-order valence-electron chi connectivity index (χ4n) is 2.28. The zero-order chi connectivity index (χ0) is 18.4. The first-order valence-corrected chi connectivity index (χ1v) is 9.00. The Morgan fingerprint density at radius 1 is 1.08 bits per heavy atom. The third-order valence-electron chi connectivity index (χ3n) is 3.34. The summed E-state index contributed by atoms with van der Waals surface area (Å²) in [5.74, 6) is -1.77. The van der Waals surface area contributed by atoms with Crippen molar-refractivity contribution in [2.75, 3.05) is 6.66 Å². The van der Waals surface area contributed by atoms with Crippen LogP contribution in [0.4, 0.5) is 0 Å². The van der Waals surface area contributed by atoms with E-state index in [2.05, 4.69) is 0 Å². The highest BCUT2D eigenvalue weighted by molar-refractivity contribution is 7.52. The lowest BCUT2D eigenvalue weighted by atomic mass is 10.1. The number of rotatable bonds is 3. The summed E-state index contributed by atoms with van der Waals surface area (Å²) in [6.07, 6.45) is 0. The predicted octanol–water partition coefficient (Wildman–Crippen LogP) is 2.77. The molecule has 0 aliphatic rings. The van der Waals surface area contributed by atoms with Crippen LogP contribution in [0, 0.1) is 0 Å². The van der Waals surface area contributed by atoms with Crippen LogP contribution in [0.25, 0.3) is 22.3 Å². The van der Waals surface area contributed by atoms with E-state index in [1.54, 1.807) is 0 Å². The Morgan fingerprint density at radius 3 is 2.48 bits per heavy atom. The second-order valence-corrected chi connectivity index (χ2v) is 7.15. The maximum absolute atomic E-state index is 12.3. The van der Waals surface area contributed by atoms with Gasteiger partial charge < -0.3 is 29.2 Å². The van der Waals surface area contributed by atoms with Gasteiger partial charge in [-0.2, -0.15) is 0 Å². The van der Waals surface area contributed by atoms with Gasteiger partial charge in [0.25, 0.3) is 0 Å². The van der Waals surface area contributed by atoms with E-state index in [9.17, 15) is 29.6 Å². The van der Waals surface area contributed by atoms with Gasteiger partial charge in [0.15, 0.2) is 17.3 Å². The molecule has 0 spiro atoms. The third-order valence-corrected chi connectivity index (χ3v) is 3.88. The van der Waals surface area contributed by atoms with E-state index < -0.39 is 24.5 Å². The molecule has 3 aromatic rings. The van der Waals surface area contributed by atoms with Gasteiger partial charge in [0.2, 0.25) is 11.2 Å². The molecule has 0 saturated heterocycles. The minimum atomic E-state index is -3.94. The molecule has 0 aliphatic heterocycles. The van der Waals surface area contributed by atoms with Crippen LogP contribution in [0.2, 0.25) is 0 Å². The standard InChI is InChI=1S/C16H13O8P/c1-25(21,22)24-13-6-8(2-5-11(13)18)16-15(20)14(19)10-4-3-9(17)7-12(10)23-16/h2-7,17-18,20H,1H3,(H,21,22). The van der Waals surface area contributed by atoms with Crippen molar-refractivity contribution in [2.45, 2.75) is 0 Å². The molecule has 0 amide bonds. The first-order chi connectivity index (χ1) is 11.7. The van der Waals surface area contributed by atoms with Gasteiger partial charge in [-0.15, -0.1) is 0 Å². The maximum Gasteiger partial charge on any atom is 0.373 e. The van der Waals surface area contributed by atoms with Crippen molar-refractivity contribution in [2.24, 2.45) is 0 Å². The number of benzene rings is 2. The molecule has 3 rings (SSSR count). The fraction of sp³-hybridized carbons (Fsp3) is 0.0625. The molecule has 0 saturated carbocycles. The molecule has 1 heterocycles. The molecule has 0 aliphatic carbocycles. The Kier molecular flexibility index (Phi) is 3.94. The van der Waals surface area contributed by atoms with Gasteiger partial charge in [0.05, 0.1) is 5.39 Å². The number of fused-ring (bicyclic) bond motifs is 1. The fourth-order valence-corrected chi connectivity index (χ4v) is 2.79. The Labute approximate surface area is 140 Å². The Morgan fingerprint density at radius 2 is 1.80 bits per heavy atom. The van der Waals surface area contributed by atoms with Gasteiger partial charge in [-0.25, -0.2) is 4.57 Å². The molecule has 1 unspecified atom stereocenters. The second-order valence-electron chi connectivity index (χ2n) is 5.37. The van der Waals surface area contributed by atoms with Gasteiger partial charge in [0, 0.05) is 18.3 Å². The average Bonchev–Trinajstić information content (AvgIpc) is 2.51. The van der Waals surface area contributed by atoms with Crippen LogP contribution in [-0.2, 0) is 4.57 Å². The minimum absolute atomic E-state index is 0.0386. The van der Waals surface area contributed by atoms with E-state index in [0.717, 1.165) is 18.8 Å². The number of phenols is 2. The topological polar surface area (TPSA) is 137 Å². The molecule has 2 aromatic carbocycles. The first-order valence-electron chi connectivity index (χ1n) is 6.98. The lowest BCUT2D eigenvalue weighted by molar-refractivity contribution is 0.371. The second kappa shape index (κ2) is 5.84. The van der Waals surface area contributed by atoms with E-state index in [0.29, 0.717) is 0 Å². The zero-order valence-electron chi connectivity index (χ0n) is 12.8. The van der Waals surface area contributed by atoms with Crippen molar-refractivity contribution in [1.82, 2.24) is 0 Å². The Hall–Kier alpha value is -2.96. The van der Waals surface area contributed by atoms with Crippen molar-refractivity contribution in [1.29, 1.82) is 0 Å². The van der Waals surface area contributed by atoms with E-state index in [-0.39, 0.29) is 33.8 Å².